The minimum Gasteiger partial charge on any atom is -0.380 e. The summed E-state index contributed by atoms with van der Waals surface area (Å²) in [5.74, 6) is 0. The van der Waals surface area contributed by atoms with Gasteiger partial charge in [-0.25, -0.2) is 4.99 Å². The Morgan fingerprint density at radius 2 is 1.19 bits per heavy atom. The van der Waals surface area contributed by atoms with Crippen LogP contribution in [-0.2, 0) is 13.1 Å². The first-order chi connectivity index (χ1) is 18.2. The Bertz CT molecular complexity index is 1360. The Balaban J connectivity index is 1.52. The highest BCUT2D eigenvalue weighted by Crippen LogP contribution is 2.14. The van der Waals surface area contributed by atoms with Gasteiger partial charge in [0.2, 0.25) is 5.71 Å². The molecule has 37 heavy (non-hydrogen) atoms. The standard InChI is InChI=1S/C35H34N2/c1-28-18-22-32(23-19-28)34(36-26-30-12-6-3-7-13-30)16-10-5-11-17-35(33-24-20-29(2)21-25-33)37-27-31-14-8-4-9-15-31/h3-25,36H,26-27H2,1-2H3/p+1/b10-5+,17-11+,34-16+,37-35?. The van der Waals surface area contributed by atoms with Crippen LogP contribution in [0.15, 0.2) is 140 Å². The van der Waals surface area contributed by atoms with E-state index in [9.17, 15) is 0 Å². The van der Waals surface area contributed by atoms with Crippen LogP contribution in [0, 0.1) is 13.8 Å². The van der Waals surface area contributed by atoms with Crippen LogP contribution in [0.1, 0.15) is 33.4 Å². The molecule has 2 nitrogen and oxygen atoms in total. The highest BCUT2D eigenvalue weighted by Gasteiger charge is 2.06. The summed E-state index contributed by atoms with van der Waals surface area (Å²) in [5, 5.41) is 3.61. The third kappa shape index (κ3) is 8.33. The van der Waals surface area contributed by atoms with Crippen LogP contribution in [0.2, 0.25) is 0 Å². The second-order valence-corrected chi connectivity index (χ2v) is 9.15. The van der Waals surface area contributed by atoms with Crippen molar-refractivity contribution in [3.05, 3.63) is 173 Å². The first-order valence-electron chi connectivity index (χ1n) is 12.8. The Morgan fingerprint density at radius 1 is 0.622 bits per heavy atom. The van der Waals surface area contributed by atoms with Gasteiger partial charge in [0.15, 0.2) is 6.54 Å². The molecule has 0 unspecified atom stereocenters. The lowest BCUT2D eigenvalue weighted by atomic mass is 10.1. The van der Waals surface area contributed by atoms with Crippen molar-refractivity contribution in [3.8, 4) is 0 Å². The fraction of sp³-hybridized carbons (Fsp3) is 0.114. The molecule has 0 saturated carbocycles. The molecule has 4 aromatic carbocycles. The largest absolute Gasteiger partial charge is 0.380 e. The molecule has 0 bridgehead atoms. The molecule has 0 saturated heterocycles. The van der Waals surface area contributed by atoms with E-state index in [-0.39, 0.29) is 0 Å². The summed E-state index contributed by atoms with van der Waals surface area (Å²) >= 11 is 0. The fourth-order valence-electron chi connectivity index (χ4n) is 3.93. The number of benzene rings is 4. The van der Waals surface area contributed by atoms with Gasteiger partial charge >= 0.3 is 0 Å². The van der Waals surface area contributed by atoms with Crippen molar-refractivity contribution in [1.29, 1.82) is 0 Å². The molecule has 0 aliphatic carbocycles. The van der Waals surface area contributed by atoms with Gasteiger partial charge in [-0.3, -0.25) is 0 Å². The Hall–Kier alpha value is -4.43. The van der Waals surface area contributed by atoms with Gasteiger partial charge in [-0.15, -0.1) is 0 Å². The van der Waals surface area contributed by atoms with E-state index in [2.05, 4.69) is 152 Å². The quantitative estimate of drug-likeness (QED) is 0.200. The normalized spacial score (nSPS) is 12.4. The van der Waals surface area contributed by atoms with Crippen LogP contribution < -0.4 is 10.3 Å². The van der Waals surface area contributed by atoms with Gasteiger partial charge in [0.05, 0.1) is 0 Å². The molecule has 0 aliphatic heterocycles. The zero-order valence-corrected chi connectivity index (χ0v) is 21.7. The van der Waals surface area contributed by atoms with Gasteiger partial charge in [-0.1, -0.05) is 126 Å². The molecular weight excluding hydrogens is 448 g/mol. The number of rotatable bonds is 10. The molecule has 2 heteroatoms. The number of aryl methyl sites for hydroxylation is 2. The monoisotopic (exact) mass is 483 g/mol. The number of hydrogen-bond donors (Lipinski definition) is 2. The molecule has 184 valence electrons. The molecule has 0 spiro atoms. The van der Waals surface area contributed by atoms with Gasteiger partial charge < -0.3 is 5.32 Å². The van der Waals surface area contributed by atoms with E-state index in [0.29, 0.717) is 0 Å². The van der Waals surface area contributed by atoms with Crippen molar-refractivity contribution in [2.75, 3.05) is 0 Å². The third-order valence-corrected chi connectivity index (χ3v) is 6.12. The zero-order valence-electron chi connectivity index (χ0n) is 21.7. The van der Waals surface area contributed by atoms with E-state index in [1.165, 1.54) is 33.4 Å². The van der Waals surface area contributed by atoms with E-state index < -0.39 is 0 Å². The van der Waals surface area contributed by atoms with Gasteiger partial charge in [0, 0.05) is 29.4 Å². The van der Waals surface area contributed by atoms with Crippen molar-refractivity contribution in [2.45, 2.75) is 26.9 Å². The van der Waals surface area contributed by atoms with Crippen LogP contribution in [0.25, 0.3) is 5.70 Å². The van der Waals surface area contributed by atoms with Crippen molar-refractivity contribution in [1.82, 2.24) is 5.32 Å². The number of hydrogen-bond acceptors (Lipinski definition) is 1. The zero-order chi connectivity index (χ0) is 25.7. The predicted octanol–water partition coefficient (Wildman–Crippen LogP) is 6.32. The first kappa shape index (κ1) is 25.7. The minimum absolute atomic E-state index is 0.777. The molecule has 2 N–H and O–H groups in total. The van der Waals surface area contributed by atoms with Crippen LogP contribution in [0.4, 0.5) is 0 Å². The minimum atomic E-state index is 0.777. The lowest BCUT2D eigenvalue weighted by molar-refractivity contribution is -0.473. The summed E-state index contributed by atoms with van der Waals surface area (Å²) in [6.07, 6.45) is 10.5. The number of allylic oxidation sites excluding steroid dienone is 5. The fourth-order valence-corrected chi connectivity index (χ4v) is 3.93. The first-order valence-corrected chi connectivity index (χ1v) is 12.8. The topological polar surface area (TPSA) is 26.0 Å². The van der Waals surface area contributed by atoms with Crippen LogP contribution >= 0.6 is 0 Å². The summed E-state index contributed by atoms with van der Waals surface area (Å²) in [4.78, 5) is 3.61. The van der Waals surface area contributed by atoms with Gasteiger partial charge in [-0.05, 0) is 43.2 Å². The molecule has 0 heterocycles. The molecule has 0 radical (unpaired) electrons. The lowest BCUT2D eigenvalue weighted by Gasteiger charge is -2.11. The molecule has 0 fully saturated rings. The number of nitrogens with one attached hydrogen (secondary N) is 2. The molecule has 4 aromatic rings. The molecule has 0 aliphatic rings. The van der Waals surface area contributed by atoms with E-state index in [4.69, 9.17) is 0 Å². The Labute approximate surface area is 221 Å². The molecule has 0 atom stereocenters. The van der Waals surface area contributed by atoms with Gasteiger partial charge in [0.25, 0.3) is 0 Å². The Morgan fingerprint density at radius 3 is 1.81 bits per heavy atom. The molecule has 0 amide bonds. The van der Waals surface area contributed by atoms with Gasteiger partial charge in [0.1, 0.15) is 0 Å². The van der Waals surface area contributed by atoms with Gasteiger partial charge in [-0.2, -0.15) is 0 Å². The predicted molar refractivity (Wildman–Crippen MR) is 157 cm³/mol. The van der Waals surface area contributed by atoms with Crippen molar-refractivity contribution in [3.63, 3.8) is 0 Å². The SMILES string of the molecule is Cc1ccc(C(/C=C/C=C/C=C(/NCc2ccccc2)c2ccc(C)cc2)=[NH+]Cc2ccccc2)cc1. The van der Waals surface area contributed by atoms with E-state index in [0.717, 1.165) is 24.5 Å². The van der Waals surface area contributed by atoms with Crippen molar-refractivity contribution in [2.24, 2.45) is 0 Å². The average Bonchev–Trinajstić information content (AvgIpc) is 2.94. The maximum atomic E-state index is 3.61. The average molecular weight is 484 g/mol. The van der Waals surface area contributed by atoms with Crippen LogP contribution in [-0.4, -0.2) is 5.71 Å². The summed E-state index contributed by atoms with van der Waals surface area (Å²) in [7, 11) is 0. The summed E-state index contributed by atoms with van der Waals surface area (Å²) in [6, 6.07) is 38.2. The molecular formula is C35H35N2+. The third-order valence-electron chi connectivity index (χ3n) is 6.12. The maximum Gasteiger partial charge on any atom is 0.205 e. The van der Waals surface area contributed by atoms with Crippen molar-refractivity contribution < 1.29 is 4.99 Å². The Kier molecular flexibility index (Phi) is 9.43. The van der Waals surface area contributed by atoms with Crippen LogP contribution in [0.5, 0.6) is 0 Å². The second-order valence-electron chi connectivity index (χ2n) is 9.15. The molecule has 4 rings (SSSR count). The summed E-state index contributed by atoms with van der Waals surface area (Å²) in [6.45, 7) is 5.78. The van der Waals surface area contributed by atoms with Crippen LogP contribution in [0.3, 0.4) is 0 Å². The molecule has 0 aromatic heterocycles. The van der Waals surface area contributed by atoms with E-state index >= 15 is 0 Å². The second kappa shape index (κ2) is 13.6. The highest BCUT2D eigenvalue weighted by molar-refractivity contribution is 6.04. The maximum absolute atomic E-state index is 3.61. The highest BCUT2D eigenvalue weighted by atomic mass is 14.9. The summed E-state index contributed by atoms with van der Waals surface area (Å²) < 4.78 is 0. The smallest absolute Gasteiger partial charge is 0.205 e. The van der Waals surface area contributed by atoms with Crippen molar-refractivity contribution >= 4 is 11.4 Å². The lowest BCUT2D eigenvalue weighted by Crippen LogP contribution is -2.71. The summed E-state index contributed by atoms with van der Waals surface area (Å²) in [5.41, 5.74) is 9.56. The van der Waals surface area contributed by atoms with E-state index in [1.807, 2.05) is 12.1 Å². The van der Waals surface area contributed by atoms with E-state index in [1.54, 1.807) is 0 Å².